The first kappa shape index (κ1) is 12.5. The van der Waals surface area contributed by atoms with Crippen molar-refractivity contribution in [3.63, 3.8) is 0 Å². The zero-order valence-corrected chi connectivity index (χ0v) is 9.88. The van der Waals surface area contributed by atoms with Crippen LogP contribution in [0, 0.1) is 11.6 Å². The van der Waals surface area contributed by atoms with Crippen LogP contribution in [0.5, 0.6) is 0 Å². The molecule has 1 aromatic rings. The lowest BCUT2D eigenvalue weighted by Gasteiger charge is -2.29. The topological polar surface area (TPSA) is 21.3 Å². The van der Waals surface area contributed by atoms with Crippen LogP contribution >= 0.6 is 0 Å². The average molecular weight is 241 g/mol. The molecule has 2 unspecified atom stereocenters. The monoisotopic (exact) mass is 241 g/mol. The maximum atomic E-state index is 13.0. The summed E-state index contributed by atoms with van der Waals surface area (Å²) in [6.45, 7) is 3.50. The summed E-state index contributed by atoms with van der Waals surface area (Å²) in [4.78, 5) is 0. The van der Waals surface area contributed by atoms with Crippen molar-refractivity contribution in [2.75, 3.05) is 13.2 Å². The van der Waals surface area contributed by atoms with E-state index < -0.39 is 11.6 Å². The second-order valence-corrected chi connectivity index (χ2v) is 4.59. The molecule has 17 heavy (non-hydrogen) atoms. The molecule has 1 heterocycles. The van der Waals surface area contributed by atoms with Crippen molar-refractivity contribution in [2.24, 2.45) is 0 Å². The highest BCUT2D eigenvalue weighted by Gasteiger charge is 2.17. The van der Waals surface area contributed by atoms with Gasteiger partial charge >= 0.3 is 0 Å². The highest BCUT2D eigenvalue weighted by molar-refractivity contribution is 5.18. The van der Waals surface area contributed by atoms with Crippen LogP contribution < -0.4 is 5.32 Å². The smallest absolute Gasteiger partial charge is 0.159 e. The molecule has 94 valence electrons. The van der Waals surface area contributed by atoms with Crippen LogP contribution in [0.4, 0.5) is 8.78 Å². The third-order valence-electron chi connectivity index (χ3n) is 2.97. The van der Waals surface area contributed by atoms with Gasteiger partial charge in [0.1, 0.15) is 0 Å². The third kappa shape index (κ3) is 3.48. The highest BCUT2D eigenvalue weighted by atomic mass is 19.2. The van der Waals surface area contributed by atoms with Gasteiger partial charge in [-0.15, -0.1) is 0 Å². The SMILES string of the molecule is CC1COCC(CCc2ccc(F)c(F)c2)N1. The summed E-state index contributed by atoms with van der Waals surface area (Å²) in [7, 11) is 0. The van der Waals surface area contributed by atoms with Gasteiger partial charge in [0, 0.05) is 12.1 Å². The first-order valence-corrected chi connectivity index (χ1v) is 5.93. The maximum absolute atomic E-state index is 13.0. The molecule has 2 atom stereocenters. The number of hydrogen-bond donors (Lipinski definition) is 1. The first-order chi connectivity index (χ1) is 8.15. The van der Waals surface area contributed by atoms with Gasteiger partial charge in [-0.2, -0.15) is 0 Å². The number of hydrogen-bond acceptors (Lipinski definition) is 2. The number of rotatable bonds is 3. The number of morpholine rings is 1. The number of ether oxygens (including phenoxy) is 1. The molecular formula is C13H17F2NO. The lowest BCUT2D eigenvalue weighted by atomic mass is 10.0. The quantitative estimate of drug-likeness (QED) is 0.876. The fourth-order valence-electron chi connectivity index (χ4n) is 2.09. The number of nitrogens with one attached hydrogen (secondary N) is 1. The summed E-state index contributed by atoms with van der Waals surface area (Å²) < 4.78 is 31.2. The van der Waals surface area contributed by atoms with Gasteiger partial charge in [0.2, 0.25) is 0 Å². The van der Waals surface area contributed by atoms with Crippen molar-refractivity contribution >= 4 is 0 Å². The Morgan fingerprint density at radius 2 is 2.12 bits per heavy atom. The van der Waals surface area contributed by atoms with E-state index in [0.717, 1.165) is 25.0 Å². The largest absolute Gasteiger partial charge is 0.378 e. The Balaban J connectivity index is 1.86. The average Bonchev–Trinajstić information content (AvgIpc) is 2.31. The lowest BCUT2D eigenvalue weighted by molar-refractivity contribution is 0.0483. The standard InChI is InChI=1S/C13H17F2NO/c1-9-7-17-8-11(16-9)4-2-10-3-5-12(14)13(15)6-10/h3,5-6,9,11,16H,2,4,7-8H2,1H3. The molecule has 0 amide bonds. The second kappa shape index (κ2) is 5.56. The second-order valence-electron chi connectivity index (χ2n) is 4.59. The molecule has 4 heteroatoms. The van der Waals surface area contributed by atoms with Gasteiger partial charge in [0.15, 0.2) is 11.6 Å². The molecule has 1 fully saturated rings. The van der Waals surface area contributed by atoms with E-state index in [0.29, 0.717) is 18.7 Å². The molecule has 1 N–H and O–H groups in total. The predicted molar refractivity (Wildman–Crippen MR) is 61.9 cm³/mol. The van der Waals surface area contributed by atoms with E-state index in [1.807, 2.05) is 0 Å². The summed E-state index contributed by atoms with van der Waals surface area (Å²) >= 11 is 0. The molecule has 1 aliphatic heterocycles. The zero-order chi connectivity index (χ0) is 12.3. The van der Waals surface area contributed by atoms with Gasteiger partial charge in [-0.3, -0.25) is 0 Å². The number of benzene rings is 1. The summed E-state index contributed by atoms with van der Waals surface area (Å²) in [5.74, 6) is -1.56. The van der Waals surface area contributed by atoms with Crippen LogP contribution in [-0.2, 0) is 11.2 Å². The van der Waals surface area contributed by atoms with Crippen molar-refractivity contribution in [3.8, 4) is 0 Å². The van der Waals surface area contributed by atoms with Crippen molar-refractivity contribution in [2.45, 2.75) is 31.8 Å². The lowest BCUT2D eigenvalue weighted by Crippen LogP contribution is -2.47. The Hall–Kier alpha value is -1.00. The number of aryl methyl sites for hydroxylation is 1. The molecule has 0 saturated carbocycles. The van der Waals surface area contributed by atoms with E-state index in [1.54, 1.807) is 6.07 Å². The van der Waals surface area contributed by atoms with Crippen molar-refractivity contribution < 1.29 is 13.5 Å². The Labute approximate surface area is 100.0 Å². The summed E-state index contributed by atoms with van der Waals surface area (Å²) in [6.07, 6.45) is 1.60. The molecule has 1 saturated heterocycles. The van der Waals surface area contributed by atoms with Gasteiger partial charge in [0.25, 0.3) is 0 Å². The van der Waals surface area contributed by atoms with Gasteiger partial charge in [-0.25, -0.2) is 8.78 Å². The fourth-order valence-corrected chi connectivity index (χ4v) is 2.09. The molecule has 0 bridgehead atoms. The molecule has 0 aliphatic carbocycles. The van der Waals surface area contributed by atoms with Gasteiger partial charge in [-0.05, 0) is 37.5 Å². The highest BCUT2D eigenvalue weighted by Crippen LogP contribution is 2.12. The van der Waals surface area contributed by atoms with Crippen molar-refractivity contribution in [1.82, 2.24) is 5.32 Å². The summed E-state index contributed by atoms with van der Waals surface area (Å²) in [6, 6.07) is 4.73. The van der Waals surface area contributed by atoms with Crippen LogP contribution in [0.2, 0.25) is 0 Å². The fraction of sp³-hybridized carbons (Fsp3) is 0.538. The minimum absolute atomic E-state index is 0.298. The molecule has 2 rings (SSSR count). The number of halogens is 2. The molecule has 0 aromatic heterocycles. The van der Waals surface area contributed by atoms with Gasteiger partial charge < -0.3 is 10.1 Å². The van der Waals surface area contributed by atoms with Crippen LogP contribution in [0.15, 0.2) is 18.2 Å². The van der Waals surface area contributed by atoms with Crippen LogP contribution in [-0.4, -0.2) is 25.3 Å². The Morgan fingerprint density at radius 1 is 1.29 bits per heavy atom. The molecule has 2 nitrogen and oxygen atoms in total. The van der Waals surface area contributed by atoms with Crippen LogP contribution in [0.25, 0.3) is 0 Å². The Morgan fingerprint density at radius 3 is 2.82 bits per heavy atom. The zero-order valence-electron chi connectivity index (χ0n) is 9.88. The van der Waals surface area contributed by atoms with E-state index in [9.17, 15) is 8.78 Å². The van der Waals surface area contributed by atoms with E-state index in [2.05, 4.69) is 12.2 Å². The first-order valence-electron chi connectivity index (χ1n) is 5.93. The minimum atomic E-state index is -0.790. The maximum Gasteiger partial charge on any atom is 0.159 e. The van der Waals surface area contributed by atoms with Crippen molar-refractivity contribution in [3.05, 3.63) is 35.4 Å². The third-order valence-corrected chi connectivity index (χ3v) is 2.97. The van der Waals surface area contributed by atoms with Crippen molar-refractivity contribution in [1.29, 1.82) is 0 Å². The van der Waals surface area contributed by atoms with E-state index in [-0.39, 0.29) is 0 Å². The van der Waals surface area contributed by atoms with Crippen LogP contribution in [0.1, 0.15) is 18.9 Å². The summed E-state index contributed by atoms with van der Waals surface area (Å²) in [5.41, 5.74) is 0.823. The summed E-state index contributed by atoms with van der Waals surface area (Å²) in [5, 5.41) is 3.42. The minimum Gasteiger partial charge on any atom is -0.378 e. The molecular weight excluding hydrogens is 224 g/mol. The molecule has 0 spiro atoms. The normalized spacial score (nSPS) is 24.9. The Bertz CT molecular complexity index is 384. The van der Waals surface area contributed by atoms with E-state index in [1.165, 1.54) is 12.1 Å². The predicted octanol–water partition coefficient (Wildman–Crippen LogP) is 2.27. The molecule has 1 aromatic carbocycles. The molecule has 0 radical (unpaired) electrons. The van der Waals surface area contributed by atoms with E-state index in [4.69, 9.17) is 4.74 Å². The Kier molecular flexibility index (Phi) is 4.07. The van der Waals surface area contributed by atoms with Gasteiger partial charge in [0.05, 0.1) is 13.2 Å². The van der Waals surface area contributed by atoms with E-state index >= 15 is 0 Å². The molecule has 1 aliphatic rings. The van der Waals surface area contributed by atoms with Gasteiger partial charge in [-0.1, -0.05) is 6.07 Å². The van der Waals surface area contributed by atoms with Crippen LogP contribution in [0.3, 0.4) is 0 Å².